The molecule has 0 radical (unpaired) electrons. The Morgan fingerprint density at radius 3 is 2.46 bits per heavy atom. The van der Waals surface area contributed by atoms with E-state index < -0.39 is 0 Å². The Bertz CT molecular complexity index is 155. The minimum atomic E-state index is 0.428. The molecule has 3 nitrogen and oxygen atoms in total. The van der Waals surface area contributed by atoms with Crippen molar-refractivity contribution in [2.75, 3.05) is 20.2 Å². The van der Waals surface area contributed by atoms with E-state index in [0.29, 0.717) is 11.5 Å². The SMILES string of the molecule is CC(C)N(C)CCC1(CON)CC1. The summed E-state index contributed by atoms with van der Waals surface area (Å²) in [5, 5.41) is 0. The summed E-state index contributed by atoms with van der Waals surface area (Å²) in [5.74, 6) is 5.11. The summed E-state index contributed by atoms with van der Waals surface area (Å²) in [5.41, 5.74) is 0.428. The minimum absolute atomic E-state index is 0.428. The first kappa shape index (κ1) is 11.0. The second-order valence-electron chi connectivity index (χ2n) is 4.64. The van der Waals surface area contributed by atoms with E-state index >= 15 is 0 Å². The van der Waals surface area contributed by atoms with E-state index in [0.717, 1.165) is 13.2 Å². The first-order valence-electron chi connectivity index (χ1n) is 5.11. The molecule has 0 aromatic heterocycles. The Hall–Kier alpha value is -0.120. The van der Waals surface area contributed by atoms with E-state index in [4.69, 9.17) is 10.7 Å². The molecule has 1 aliphatic rings. The standard InChI is InChI=1S/C10H22N2O/c1-9(2)12(3)7-6-10(4-5-10)8-13-11/h9H,4-8,11H2,1-3H3. The van der Waals surface area contributed by atoms with Gasteiger partial charge in [0.25, 0.3) is 0 Å². The summed E-state index contributed by atoms with van der Waals surface area (Å²) in [4.78, 5) is 7.11. The number of hydrogen-bond donors (Lipinski definition) is 1. The molecule has 1 fully saturated rings. The molecule has 3 heteroatoms. The van der Waals surface area contributed by atoms with Crippen LogP contribution in [0.2, 0.25) is 0 Å². The zero-order valence-corrected chi connectivity index (χ0v) is 9.05. The number of hydrogen-bond acceptors (Lipinski definition) is 3. The fourth-order valence-corrected chi connectivity index (χ4v) is 1.49. The third-order valence-electron chi connectivity index (χ3n) is 3.22. The molecular formula is C10H22N2O. The van der Waals surface area contributed by atoms with Gasteiger partial charge >= 0.3 is 0 Å². The first-order chi connectivity index (χ1) is 6.09. The fourth-order valence-electron chi connectivity index (χ4n) is 1.49. The molecule has 0 atom stereocenters. The summed E-state index contributed by atoms with van der Waals surface area (Å²) in [6.07, 6.45) is 3.80. The molecular weight excluding hydrogens is 164 g/mol. The third-order valence-corrected chi connectivity index (χ3v) is 3.22. The highest BCUT2D eigenvalue weighted by atomic mass is 16.6. The fraction of sp³-hybridized carbons (Fsp3) is 1.00. The summed E-state index contributed by atoms with van der Waals surface area (Å²) < 4.78 is 0. The smallest absolute Gasteiger partial charge is 0.0735 e. The van der Waals surface area contributed by atoms with Crippen molar-refractivity contribution >= 4 is 0 Å². The maximum Gasteiger partial charge on any atom is 0.0735 e. The molecule has 0 saturated heterocycles. The molecule has 0 heterocycles. The molecule has 0 aromatic carbocycles. The van der Waals surface area contributed by atoms with E-state index in [2.05, 4.69) is 25.8 Å². The number of rotatable bonds is 6. The van der Waals surface area contributed by atoms with Crippen LogP contribution in [-0.2, 0) is 4.84 Å². The Labute approximate surface area is 81.2 Å². The minimum Gasteiger partial charge on any atom is -0.304 e. The molecule has 13 heavy (non-hydrogen) atoms. The zero-order valence-electron chi connectivity index (χ0n) is 9.05. The molecule has 1 aliphatic carbocycles. The highest BCUT2D eigenvalue weighted by molar-refractivity contribution is 4.93. The second kappa shape index (κ2) is 4.40. The maximum absolute atomic E-state index is 5.11. The number of nitrogens with two attached hydrogens (primary N) is 1. The summed E-state index contributed by atoms with van der Waals surface area (Å²) in [6, 6.07) is 0.634. The van der Waals surface area contributed by atoms with Gasteiger partial charge in [-0.2, -0.15) is 0 Å². The topological polar surface area (TPSA) is 38.5 Å². The van der Waals surface area contributed by atoms with Crippen LogP contribution in [0.1, 0.15) is 33.1 Å². The van der Waals surface area contributed by atoms with E-state index in [9.17, 15) is 0 Å². The van der Waals surface area contributed by atoms with Gasteiger partial charge in [-0.15, -0.1) is 0 Å². The molecule has 1 saturated carbocycles. The molecule has 0 spiro atoms. The Kier molecular flexibility index (Phi) is 3.71. The molecule has 0 bridgehead atoms. The van der Waals surface area contributed by atoms with Crippen LogP contribution < -0.4 is 5.90 Å². The third kappa shape index (κ3) is 3.25. The van der Waals surface area contributed by atoms with Crippen molar-refractivity contribution in [2.45, 2.75) is 39.2 Å². The molecule has 0 aliphatic heterocycles. The van der Waals surface area contributed by atoms with Gasteiger partial charge in [0.05, 0.1) is 6.61 Å². The van der Waals surface area contributed by atoms with Crippen LogP contribution in [0.25, 0.3) is 0 Å². The van der Waals surface area contributed by atoms with Gasteiger partial charge in [0.1, 0.15) is 0 Å². The van der Waals surface area contributed by atoms with Crippen LogP contribution in [0.3, 0.4) is 0 Å². The predicted molar refractivity (Wildman–Crippen MR) is 54.2 cm³/mol. The Morgan fingerprint density at radius 1 is 1.46 bits per heavy atom. The van der Waals surface area contributed by atoms with Gasteiger partial charge in [-0.3, -0.25) is 0 Å². The van der Waals surface area contributed by atoms with Gasteiger partial charge in [0.2, 0.25) is 0 Å². The van der Waals surface area contributed by atoms with E-state index in [1.165, 1.54) is 19.3 Å². The highest BCUT2D eigenvalue weighted by Crippen LogP contribution is 2.48. The monoisotopic (exact) mass is 186 g/mol. The van der Waals surface area contributed by atoms with Crippen LogP contribution in [0.4, 0.5) is 0 Å². The lowest BCUT2D eigenvalue weighted by Crippen LogP contribution is -2.30. The van der Waals surface area contributed by atoms with Crippen LogP contribution in [0.15, 0.2) is 0 Å². The molecule has 2 N–H and O–H groups in total. The Morgan fingerprint density at radius 2 is 2.08 bits per heavy atom. The molecule has 78 valence electrons. The van der Waals surface area contributed by atoms with E-state index in [1.807, 2.05) is 0 Å². The van der Waals surface area contributed by atoms with Gasteiger partial charge in [-0.25, -0.2) is 5.90 Å². The average molecular weight is 186 g/mol. The van der Waals surface area contributed by atoms with E-state index in [1.54, 1.807) is 0 Å². The van der Waals surface area contributed by atoms with Crippen molar-refractivity contribution in [3.63, 3.8) is 0 Å². The van der Waals surface area contributed by atoms with Crippen molar-refractivity contribution in [1.82, 2.24) is 4.90 Å². The zero-order chi connectivity index (χ0) is 9.90. The predicted octanol–water partition coefficient (Wildman–Crippen LogP) is 1.39. The molecule has 0 amide bonds. The normalized spacial score (nSPS) is 19.8. The summed E-state index contributed by atoms with van der Waals surface area (Å²) in [6.45, 7) is 6.33. The van der Waals surface area contributed by atoms with Crippen molar-refractivity contribution in [3.8, 4) is 0 Å². The molecule has 0 aromatic rings. The maximum atomic E-state index is 5.11. The lowest BCUT2D eigenvalue weighted by atomic mass is 10.0. The number of nitrogens with zero attached hydrogens (tertiary/aromatic N) is 1. The van der Waals surface area contributed by atoms with Crippen LogP contribution in [0.5, 0.6) is 0 Å². The van der Waals surface area contributed by atoms with Gasteiger partial charge < -0.3 is 9.74 Å². The largest absolute Gasteiger partial charge is 0.304 e. The first-order valence-corrected chi connectivity index (χ1v) is 5.11. The van der Waals surface area contributed by atoms with Crippen molar-refractivity contribution in [1.29, 1.82) is 0 Å². The van der Waals surface area contributed by atoms with Gasteiger partial charge in [0, 0.05) is 6.04 Å². The van der Waals surface area contributed by atoms with Gasteiger partial charge in [-0.1, -0.05) is 0 Å². The van der Waals surface area contributed by atoms with Crippen LogP contribution in [0, 0.1) is 5.41 Å². The Balaban J connectivity index is 2.18. The van der Waals surface area contributed by atoms with Crippen molar-refractivity contribution in [3.05, 3.63) is 0 Å². The van der Waals surface area contributed by atoms with Crippen molar-refractivity contribution < 1.29 is 4.84 Å². The van der Waals surface area contributed by atoms with Gasteiger partial charge in [-0.05, 0) is 52.1 Å². The second-order valence-corrected chi connectivity index (χ2v) is 4.64. The highest BCUT2D eigenvalue weighted by Gasteiger charge is 2.42. The van der Waals surface area contributed by atoms with Crippen LogP contribution >= 0.6 is 0 Å². The average Bonchev–Trinajstić information content (AvgIpc) is 2.82. The van der Waals surface area contributed by atoms with E-state index in [-0.39, 0.29) is 0 Å². The summed E-state index contributed by atoms with van der Waals surface area (Å²) in [7, 11) is 2.17. The molecule has 1 rings (SSSR count). The van der Waals surface area contributed by atoms with Crippen LogP contribution in [-0.4, -0.2) is 31.1 Å². The summed E-state index contributed by atoms with van der Waals surface area (Å²) >= 11 is 0. The lowest BCUT2D eigenvalue weighted by Gasteiger charge is -2.23. The van der Waals surface area contributed by atoms with Gasteiger partial charge in [0.15, 0.2) is 0 Å². The van der Waals surface area contributed by atoms with Crippen molar-refractivity contribution in [2.24, 2.45) is 11.3 Å². The lowest BCUT2D eigenvalue weighted by molar-refractivity contribution is 0.0819. The quantitative estimate of drug-likeness (QED) is 0.637. The molecule has 0 unspecified atom stereocenters.